The smallest absolute Gasteiger partial charge is 0.125 e. The molecule has 2 N–H and O–H groups in total. The Morgan fingerprint density at radius 1 is 1.40 bits per heavy atom. The van der Waals surface area contributed by atoms with Crippen molar-refractivity contribution in [2.24, 2.45) is 11.8 Å². The number of hydrogen-bond acceptors (Lipinski definition) is 3. The molecule has 2 unspecified atom stereocenters. The van der Waals surface area contributed by atoms with Crippen LogP contribution in [0.3, 0.4) is 0 Å². The van der Waals surface area contributed by atoms with Gasteiger partial charge >= 0.3 is 0 Å². The number of carbonyl (C=O) groups excluding carboxylic acids is 1. The van der Waals surface area contributed by atoms with Crippen LogP contribution in [0.25, 0.3) is 0 Å². The molecule has 1 aliphatic carbocycles. The Balaban J connectivity index is 2.19. The molecule has 0 saturated heterocycles. The van der Waals surface area contributed by atoms with Gasteiger partial charge < -0.3 is 15.2 Å². The molecule has 0 aromatic carbocycles. The quantitative estimate of drug-likeness (QED) is 0.655. The van der Waals surface area contributed by atoms with E-state index in [-0.39, 0.29) is 18.4 Å². The Labute approximate surface area is 92.3 Å². The van der Waals surface area contributed by atoms with E-state index in [1.54, 1.807) is 0 Å². The lowest BCUT2D eigenvalue weighted by Crippen LogP contribution is -2.37. The summed E-state index contributed by atoms with van der Waals surface area (Å²) < 4.78 is 0. The van der Waals surface area contributed by atoms with Crippen LogP contribution in [0.2, 0.25) is 0 Å². The van der Waals surface area contributed by atoms with Gasteiger partial charge in [0.1, 0.15) is 6.29 Å². The second kappa shape index (κ2) is 6.96. The van der Waals surface area contributed by atoms with Gasteiger partial charge in [-0.1, -0.05) is 26.2 Å². The molecule has 0 heterocycles. The summed E-state index contributed by atoms with van der Waals surface area (Å²) in [4.78, 5) is 10.6. The predicted molar refractivity (Wildman–Crippen MR) is 60.7 cm³/mol. The average molecular weight is 213 g/mol. The van der Waals surface area contributed by atoms with E-state index in [9.17, 15) is 4.79 Å². The summed E-state index contributed by atoms with van der Waals surface area (Å²) in [5.41, 5.74) is 0. The average Bonchev–Trinajstić information content (AvgIpc) is 2.29. The molecule has 15 heavy (non-hydrogen) atoms. The van der Waals surface area contributed by atoms with Gasteiger partial charge in [0.25, 0.3) is 0 Å². The molecule has 3 heteroatoms. The molecule has 0 aromatic rings. The number of aldehydes is 1. The highest BCUT2D eigenvalue weighted by molar-refractivity contribution is 5.54. The molecule has 1 aliphatic rings. The molecule has 88 valence electrons. The minimum absolute atomic E-state index is 0.0307. The summed E-state index contributed by atoms with van der Waals surface area (Å²) >= 11 is 0. The summed E-state index contributed by atoms with van der Waals surface area (Å²) in [6.45, 7) is 2.83. The van der Waals surface area contributed by atoms with Gasteiger partial charge in [-0.3, -0.25) is 0 Å². The highest BCUT2D eigenvalue weighted by Gasteiger charge is 2.18. The van der Waals surface area contributed by atoms with E-state index in [0.29, 0.717) is 6.04 Å². The lowest BCUT2D eigenvalue weighted by Gasteiger charge is -2.25. The number of aliphatic hydroxyl groups is 1. The van der Waals surface area contributed by atoms with Crippen molar-refractivity contribution in [3.63, 3.8) is 0 Å². The Morgan fingerprint density at radius 2 is 2.07 bits per heavy atom. The highest BCUT2D eigenvalue weighted by atomic mass is 16.3. The first-order valence-electron chi connectivity index (χ1n) is 6.07. The second-order valence-electron chi connectivity index (χ2n) is 4.70. The number of hydrogen-bond donors (Lipinski definition) is 2. The minimum atomic E-state index is -0.207. The van der Waals surface area contributed by atoms with Crippen molar-refractivity contribution in [3.8, 4) is 0 Å². The SMILES string of the molecule is CC(CNC1CCCCC1)C(C=O)CO. The number of nitrogens with one attached hydrogen (secondary N) is 1. The summed E-state index contributed by atoms with van der Waals surface area (Å²) in [6, 6.07) is 0.632. The van der Waals surface area contributed by atoms with Crippen LogP contribution < -0.4 is 5.32 Å². The van der Waals surface area contributed by atoms with Crippen LogP contribution in [0.15, 0.2) is 0 Å². The zero-order valence-electron chi connectivity index (χ0n) is 9.61. The lowest BCUT2D eigenvalue weighted by molar-refractivity contribution is -0.113. The molecule has 0 bridgehead atoms. The van der Waals surface area contributed by atoms with Gasteiger partial charge in [-0.15, -0.1) is 0 Å². The van der Waals surface area contributed by atoms with Crippen LogP contribution in [0.5, 0.6) is 0 Å². The molecule has 1 fully saturated rings. The molecule has 2 atom stereocenters. The fourth-order valence-corrected chi connectivity index (χ4v) is 2.17. The highest BCUT2D eigenvalue weighted by Crippen LogP contribution is 2.18. The maximum atomic E-state index is 10.6. The molecule has 0 aliphatic heterocycles. The molecule has 3 nitrogen and oxygen atoms in total. The second-order valence-corrected chi connectivity index (χ2v) is 4.70. The third kappa shape index (κ3) is 4.31. The van der Waals surface area contributed by atoms with Crippen molar-refractivity contribution < 1.29 is 9.90 Å². The topological polar surface area (TPSA) is 49.3 Å². The molecule has 1 rings (SSSR count). The molecular weight excluding hydrogens is 190 g/mol. The summed E-state index contributed by atoms with van der Waals surface area (Å²) in [5, 5.41) is 12.5. The van der Waals surface area contributed by atoms with Gasteiger partial charge in [-0.05, 0) is 25.3 Å². The van der Waals surface area contributed by atoms with Crippen molar-refractivity contribution >= 4 is 6.29 Å². The Bertz CT molecular complexity index is 178. The fourth-order valence-electron chi connectivity index (χ4n) is 2.17. The van der Waals surface area contributed by atoms with Crippen molar-refractivity contribution in [3.05, 3.63) is 0 Å². The molecule has 0 aromatic heterocycles. The van der Waals surface area contributed by atoms with Crippen molar-refractivity contribution in [1.82, 2.24) is 5.32 Å². The van der Waals surface area contributed by atoms with Crippen molar-refractivity contribution in [2.45, 2.75) is 45.1 Å². The van der Waals surface area contributed by atoms with Crippen LogP contribution in [0.4, 0.5) is 0 Å². The maximum Gasteiger partial charge on any atom is 0.125 e. The Hall–Kier alpha value is -0.410. The first-order chi connectivity index (χ1) is 7.27. The molecule has 0 amide bonds. The van der Waals surface area contributed by atoms with Crippen LogP contribution in [-0.2, 0) is 4.79 Å². The minimum Gasteiger partial charge on any atom is -0.396 e. The number of aliphatic hydroxyl groups excluding tert-OH is 1. The van der Waals surface area contributed by atoms with E-state index in [1.165, 1.54) is 32.1 Å². The molecule has 1 saturated carbocycles. The van der Waals surface area contributed by atoms with E-state index >= 15 is 0 Å². The van der Waals surface area contributed by atoms with Crippen LogP contribution in [0, 0.1) is 11.8 Å². The molecule has 0 spiro atoms. The van der Waals surface area contributed by atoms with E-state index in [1.807, 2.05) is 6.92 Å². The lowest BCUT2D eigenvalue weighted by atomic mass is 9.93. The van der Waals surface area contributed by atoms with Crippen LogP contribution in [0.1, 0.15) is 39.0 Å². The summed E-state index contributed by atoms with van der Waals surface area (Å²) in [6.07, 6.45) is 7.40. The van der Waals surface area contributed by atoms with Gasteiger partial charge in [0.2, 0.25) is 0 Å². The van der Waals surface area contributed by atoms with E-state index < -0.39 is 0 Å². The Morgan fingerprint density at radius 3 is 2.60 bits per heavy atom. The van der Waals surface area contributed by atoms with Crippen LogP contribution in [-0.4, -0.2) is 30.6 Å². The van der Waals surface area contributed by atoms with Gasteiger partial charge in [-0.25, -0.2) is 0 Å². The number of rotatable bonds is 6. The van der Waals surface area contributed by atoms with Crippen molar-refractivity contribution in [1.29, 1.82) is 0 Å². The normalized spacial score (nSPS) is 22.3. The third-order valence-electron chi connectivity index (χ3n) is 3.45. The first-order valence-corrected chi connectivity index (χ1v) is 6.07. The zero-order chi connectivity index (χ0) is 11.1. The van der Waals surface area contributed by atoms with Crippen molar-refractivity contribution in [2.75, 3.05) is 13.2 Å². The van der Waals surface area contributed by atoms with Gasteiger partial charge in [0.15, 0.2) is 0 Å². The van der Waals surface area contributed by atoms with E-state index in [4.69, 9.17) is 5.11 Å². The summed E-state index contributed by atoms with van der Waals surface area (Å²) in [5.74, 6) is 0.0236. The molecule has 0 radical (unpaired) electrons. The predicted octanol–water partition coefficient (Wildman–Crippen LogP) is 1.35. The van der Waals surface area contributed by atoms with E-state index in [2.05, 4.69) is 5.32 Å². The Kier molecular flexibility index (Phi) is 5.88. The monoisotopic (exact) mass is 213 g/mol. The van der Waals surface area contributed by atoms with Gasteiger partial charge in [-0.2, -0.15) is 0 Å². The number of carbonyl (C=O) groups is 1. The third-order valence-corrected chi connectivity index (χ3v) is 3.45. The molecular formula is C12H23NO2. The zero-order valence-corrected chi connectivity index (χ0v) is 9.61. The largest absolute Gasteiger partial charge is 0.396 e. The van der Waals surface area contributed by atoms with E-state index in [0.717, 1.165) is 12.8 Å². The van der Waals surface area contributed by atoms with Crippen LogP contribution >= 0.6 is 0 Å². The first kappa shape index (κ1) is 12.7. The fraction of sp³-hybridized carbons (Fsp3) is 0.917. The van der Waals surface area contributed by atoms with Gasteiger partial charge in [0.05, 0.1) is 6.61 Å². The summed E-state index contributed by atoms with van der Waals surface area (Å²) in [7, 11) is 0. The standard InChI is InChI=1S/C12H23NO2/c1-10(11(8-14)9-15)7-13-12-5-3-2-4-6-12/h8,10-13,15H,2-7,9H2,1H3. The van der Waals surface area contributed by atoms with Gasteiger partial charge in [0, 0.05) is 12.0 Å². The maximum absolute atomic E-state index is 10.6.